The van der Waals surface area contributed by atoms with Crippen molar-refractivity contribution in [1.29, 1.82) is 0 Å². The van der Waals surface area contributed by atoms with Crippen LogP contribution in [0, 0.1) is 0 Å². The lowest BCUT2D eigenvalue weighted by Crippen LogP contribution is -2.52. The third kappa shape index (κ3) is 7.31. The Labute approximate surface area is 303 Å². The molecule has 276 valence electrons. The fourth-order valence-electron chi connectivity index (χ4n) is 6.57. The number of nitrogens with two attached hydrogens (primary N) is 1. The van der Waals surface area contributed by atoms with E-state index < -0.39 is 53.3 Å². The minimum Gasteiger partial charge on any atom is -0.497 e. The topological polar surface area (TPSA) is 233 Å². The van der Waals surface area contributed by atoms with Gasteiger partial charge in [-0.1, -0.05) is 37.3 Å². The van der Waals surface area contributed by atoms with E-state index in [1.165, 1.54) is 11.7 Å². The predicted molar refractivity (Wildman–Crippen MR) is 190 cm³/mol. The highest BCUT2D eigenvalue weighted by molar-refractivity contribution is 5.93. The number of ether oxygens (including phenoxy) is 2. The first-order valence-electron chi connectivity index (χ1n) is 17.0. The highest BCUT2D eigenvalue weighted by atomic mass is 16.6. The van der Waals surface area contributed by atoms with Crippen LogP contribution in [0.1, 0.15) is 41.2 Å². The number of benzene rings is 2. The summed E-state index contributed by atoms with van der Waals surface area (Å²) in [5.74, 6) is -2.58. The summed E-state index contributed by atoms with van der Waals surface area (Å²) in [7, 11) is 1.52. The molecule has 0 saturated carbocycles. The molecule has 16 heteroatoms. The Morgan fingerprint density at radius 3 is 2.47 bits per heavy atom. The molecule has 0 bridgehead atoms. The summed E-state index contributed by atoms with van der Waals surface area (Å²) in [5, 5.41) is 22.3. The molecule has 0 unspecified atom stereocenters. The molecule has 0 saturated heterocycles. The van der Waals surface area contributed by atoms with Crippen LogP contribution in [-0.2, 0) is 60.4 Å². The molecule has 4 heterocycles. The van der Waals surface area contributed by atoms with Gasteiger partial charge in [0.2, 0.25) is 23.6 Å². The van der Waals surface area contributed by atoms with Gasteiger partial charge in [0.05, 0.1) is 55.8 Å². The predicted octanol–water partition coefficient (Wildman–Crippen LogP) is -0.377. The van der Waals surface area contributed by atoms with Gasteiger partial charge < -0.3 is 46.1 Å². The van der Waals surface area contributed by atoms with Crippen LogP contribution in [0.3, 0.4) is 0 Å². The SMILES string of the molecule is CC[C@@]1(O)C(=O)OCc2c1cc1n(c2=O)Cc2c-1nc1ccc(OC)cc1c2CNC(=O)CNC(=O)[C@H](Cc1ccccc1)NC(=O)CNC(=O)CN. The number of cyclic esters (lactones) is 1. The van der Waals surface area contributed by atoms with E-state index in [0.29, 0.717) is 39.2 Å². The fourth-order valence-corrected chi connectivity index (χ4v) is 6.57. The zero-order valence-corrected chi connectivity index (χ0v) is 29.1. The van der Waals surface area contributed by atoms with Crippen molar-refractivity contribution in [2.75, 3.05) is 26.7 Å². The van der Waals surface area contributed by atoms with Crippen LogP contribution < -0.4 is 37.3 Å². The van der Waals surface area contributed by atoms with Crippen molar-refractivity contribution >= 4 is 40.5 Å². The molecule has 0 fully saturated rings. The third-order valence-electron chi connectivity index (χ3n) is 9.46. The number of carbonyl (C=O) groups is 5. The van der Waals surface area contributed by atoms with E-state index in [1.54, 1.807) is 55.5 Å². The lowest BCUT2D eigenvalue weighted by atomic mass is 9.86. The summed E-state index contributed by atoms with van der Waals surface area (Å²) < 4.78 is 12.2. The van der Waals surface area contributed by atoms with Gasteiger partial charge in [0, 0.05) is 29.5 Å². The first kappa shape index (κ1) is 36.7. The number of amides is 4. The van der Waals surface area contributed by atoms with Crippen molar-refractivity contribution < 1.29 is 38.6 Å². The van der Waals surface area contributed by atoms with Gasteiger partial charge in [-0.3, -0.25) is 24.0 Å². The van der Waals surface area contributed by atoms with Gasteiger partial charge in [-0.15, -0.1) is 0 Å². The van der Waals surface area contributed by atoms with Gasteiger partial charge in [-0.05, 0) is 41.8 Å². The van der Waals surface area contributed by atoms with Crippen LogP contribution in [0.5, 0.6) is 5.75 Å². The number of carbonyl (C=O) groups excluding carboxylic acids is 5. The van der Waals surface area contributed by atoms with E-state index in [1.807, 2.05) is 6.07 Å². The van der Waals surface area contributed by atoms with Crippen LogP contribution in [0.2, 0.25) is 0 Å². The van der Waals surface area contributed by atoms with Gasteiger partial charge >= 0.3 is 5.97 Å². The molecule has 0 spiro atoms. The number of methoxy groups -OCH3 is 1. The monoisotopic (exact) mass is 725 g/mol. The summed E-state index contributed by atoms with van der Waals surface area (Å²) in [4.78, 5) is 81.9. The van der Waals surface area contributed by atoms with Gasteiger partial charge in [0.1, 0.15) is 18.4 Å². The van der Waals surface area contributed by atoms with Crippen molar-refractivity contribution in [3.63, 3.8) is 0 Å². The van der Waals surface area contributed by atoms with Gasteiger partial charge in [-0.25, -0.2) is 9.78 Å². The van der Waals surface area contributed by atoms with E-state index in [2.05, 4.69) is 21.3 Å². The van der Waals surface area contributed by atoms with Crippen molar-refractivity contribution in [2.24, 2.45) is 5.73 Å². The number of rotatable bonds is 13. The Balaban J connectivity index is 1.23. The average molecular weight is 726 g/mol. The standard InChI is InChI=1S/C37H39N7O9/c1-3-37(51)26-13-29-33-24(18-44(29)35(49)25(26)19-53-36(37)50)23(22-12-21(52-2)9-10-27(22)43-33)15-39-31(46)16-41-34(48)28(11-20-7-5-4-6-8-20)42-32(47)17-40-30(45)14-38/h4-10,12-13,28,51H,3,11,14-19,38H2,1-2H3,(H,39,46)(H,40,45)(H,41,48)(H,42,47)/t28-,37-/m0/s1. The highest BCUT2D eigenvalue weighted by Gasteiger charge is 2.45. The molecule has 2 aliphatic rings. The molecule has 2 atom stereocenters. The van der Waals surface area contributed by atoms with Crippen LogP contribution in [0.4, 0.5) is 0 Å². The van der Waals surface area contributed by atoms with Crippen molar-refractivity contribution in [1.82, 2.24) is 30.8 Å². The summed E-state index contributed by atoms with van der Waals surface area (Å²) in [6.07, 6.45) is 0.126. The molecule has 0 aliphatic carbocycles. The Hall–Kier alpha value is -6.13. The minimum absolute atomic E-state index is 0.000269. The molecule has 4 amide bonds. The molecule has 2 aromatic carbocycles. The molecule has 16 nitrogen and oxygen atoms in total. The zero-order chi connectivity index (χ0) is 37.9. The molecule has 6 rings (SSSR count). The second-order valence-corrected chi connectivity index (χ2v) is 12.7. The van der Waals surface area contributed by atoms with E-state index in [4.69, 9.17) is 20.2 Å². The average Bonchev–Trinajstić information content (AvgIpc) is 3.54. The zero-order valence-electron chi connectivity index (χ0n) is 29.1. The minimum atomic E-state index is -1.99. The number of esters is 1. The number of aromatic nitrogens is 2. The molecular formula is C37H39N7O9. The molecule has 2 aliphatic heterocycles. The van der Waals surface area contributed by atoms with Crippen molar-refractivity contribution in [3.8, 4) is 17.1 Å². The quantitative estimate of drug-likeness (QED) is 0.0857. The number of hydrogen-bond donors (Lipinski definition) is 6. The maximum atomic E-state index is 13.8. The summed E-state index contributed by atoms with van der Waals surface area (Å²) >= 11 is 0. The number of hydrogen-bond acceptors (Lipinski definition) is 11. The normalized spacial score (nSPS) is 16.0. The fraction of sp³-hybridized carbons (Fsp3) is 0.324. The van der Waals surface area contributed by atoms with Gasteiger partial charge in [0.15, 0.2) is 5.60 Å². The number of pyridine rings is 2. The summed E-state index contributed by atoms with van der Waals surface area (Å²) in [5.41, 5.74) is 6.72. The Kier molecular flexibility index (Phi) is 10.5. The van der Waals surface area contributed by atoms with E-state index in [9.17, 15) is 33.9 Å². The molecule has 0 radical (unpaired) electrons. The maximum absolute atomic E-state index is 13.8. The van der Waals surface area contributed by atoms with Crippen molar-refractivity contribution in [2.45, 2.75) is 51.1 Å². The first-order valence-corrected chi connectivity index (χ1v) is 17.0. The van der Waals surface area contributed by atoms with E-state index in [-0.39, 0.29) is 56.8 Å². The Morgan fingerprint density at radius 2 is 1.75 bits per heavy atom. The van der Waals surface area contributed by atoms with Crippen LogP contribution >= 0.6 is 0 Å². The molecule has 53 heavy (non-hydrogen) atoms. The van der Waals surface area contributed by atoms with E-state index >= 15 is 0 Å². The maximum Gasteiger partial charge on any atom is 0.343 e. The smallest absolute Gasteiger partial charge is 0.343 e. The number of nitrogens with one attached hydrogen (secondary N) is 4. The Morgan fingerprint density at radius 1 is 1.00 bits per heavy atom. The number of fused-ring (bicyclic) bond motifs is 5. The molecule has 7 N–H and O–H groups in total. The van der Waals surface area contributed by atoms with Crippen LogP contribution in [0.25, 0.3) is 22.3 Å². The second kappa shape index (κ2) is 15.2. The second-order valence-electron chi connectivity index (χ2n) is 12.7. The number of aliphatic hydroxyl groups is 1. The van der Waals surface area contributed by atoms with E-state index in [0.717, 1.165) is 5.56 Å². The Bertz CT molecular complexity index is 2190. The lowest BCUT2D eigenvalue weighted by molar-refractivity contribution is -0.172. The summed E-state index contributed by atoms with van der Waals surface area (Å²) in [6, 6.07) is 14.8. The van der Waals surface area contributed by atoms with Gasteiger partial charge in [-0.2, -0.15) is 0 Å². The molecular weight excluding hydrogens is 686 g/mol. The largest absolute Gasteiger partial charge is 0.497 e. The van der Waals surface area contributed by atoms with Crippen LogP contribution in [-0.4, -0.2) is 77.0 Å². The first-order chi connectivity index (χ1) is 25.5. The lowest BCUT2D eigenvalue weighted by Gasteiger charge is -2.31. The van der Waals surface area contributed by atoms with Crippen LogP contribution in [0.15, 0.2) is 59.4 Å². The highest BCUT2D eigenvalue weighted by Crippen LogP contribution is 2.40. The molecule has 4 aromatic rings. The van der Waals surface area contributed by atoms with Crippen molar-refractivity contribution in [3.05, 3.63) is 92.8 Å². The van der Waals surface area contributed by atoms with Gasteiger partial charge in [0.25, 0.3) is 5.56 Å². The summed E-state index contributed by atoms with van der Waals surface area (Å²) in [6.45, 7) is 0.344. The molecule has 2 aromatic heterocycles. The third-order valence-corrected chi connectivity index (χ3v) is 9.46. The number of nitrogens with zero attached hydrogens (tertiary/aromatic N) is 2.